The van der Waals surface area contributed by atoms with Gasteiger partial charge in [0.15, 0.2) is 5.65 Å². The molecular weight excluding hydrogens is 248 g/mol. The van der Waals surface area contributed by atoms with E-state index in [2.05, 4.69) is 35.4 Å². The molecule has 2 heterocycles. The monoisotopic (exact) mass is 268 g/mol. The van der Waals surface area contributed by atoms with E-state index in [1.165, 1.54) is 0 Å². The third kappa shape index (κ3) is 2.39. The van der Waals surface area contributed by atoms with Crippen molar-refractivity contribution >= 4 is 22.8 Å². The van der Waals surface area contributed by atoms with E-state index < -0.39 is 0 Å². The Bertz CT molecular complexity index is 560. The van der Waals surface area contributed by atoms with Gasteiger partial charge in [0.2, 0.25) is 0 Å². The second kappa shape index (κ2) is 4.57. The number of halogens is 1. The van der Waals surface area contributed by atoms with E-state index in [0.717, 1.165) is 35.6 Å². The molecular formula is C13H21ClN4. The van der Waals surface area contributed by atoms with Gasteiger partial charge in [0.25, 0.3) is 0 Å². The highest BCUT2D eigenvalue weighted by atomic mass is 35.5. The summed E-state index contributed by atoms with van der Waals surface area (Å²) >= 11 is 6.00. The normalized spacial score (nSPS) is 12.6. The fourth-order valence-corrected chi connectivity index (χ4v) is 2.37. The lowest BCUT2D eigenvalue weighted by molar-refractivity contribution is 0.349. The molecule has 0 atom stereocenters. The highest BCUT2D eigenvalue weighted by Crippen LogP contribution is 2.24. The van der Waals surface area contributed by atoms with E-state index in [-0.39, 0.29) is 0 Å². The van der Waals surface area contributed by atoms with Crippen LogP contribution in [0.3, 0.4) is 0 Å². The minimum absolute atomic E-state index is 0.299. The number of rotatable bonds is 3. The van der Waals surface area contributed by atoms with Gasteiger partial charge in [0, 0.05) is 13.6 Å². The summed E-state index contributed by atoms with van der Waals surface area (Å²) in [6.45, 7) is 9.66. The molecule has 0 unspecified atom stereocenters. The van der Waals surface area contributed by atoms with Crippen molar-refractivity contribution in [3.8, 4) is 0 Å². The van der Waals surface area contributed by atoms with Gasteiger partial charge in [0.05, 0.1) is 11.6 Å². The molecule has 0 saturated heterocycles. The van der Waals surface area contributed by atoms with Gasteiger partial charge in [-0.2, -0.15) is 5.10 Å². The Morgan fingerprint density at radius 3 is 2.50 bits per heavy atom. The molecule has 0 saturated carbocycles. The lowest BCUT2D eigenvalue weighted by Gasteiger charge is -2.19. The Labute approximate surface area is 113 Å². The molecule has 5 heteroatoms. The predicted molar refractivity (Wildman–Crippen MR) is 74.9 cm³/mol. The molecule has 100 valence electrons. The van der Waals surface area contributed by atoms with Crippen molar-refractivity contribution in [2.75, 3.05) is 0 Å². The summed E-state index contributed by atoms with van der Waals surface area (Å²) in [6.07, 6.45) is 1.09. The molecule has 2 rings (SSSR count). The van der Waals surface area contributed by atoms with Gasteiger partial charge in [0.1, 0.15) is 11.3 Å². The summed E-state index contributed by atoms with van der Waals surface area (Å²) in [5, 5.41) is 4.42. The molecule has 0 aromatic carbocycles. The molecule has 0 radical (unpaired) electrons. The van der Waals surface area contributed by atoms with Crippen LogP contribution in [-0.2, 0) is 19.5 Å². The average molecular weight is 269 g/mol. The number of aromatic nitrogens is 4. The lowest BCUT2D eigenvalue weighted by atomic mass is 9.92. The highest BCUT2D eigenvalue weighted by molar-refractivity contribution is 6.16. The zero-order valence-electron chi connectivity index (χ0n) is 11.8. The minimum atomic E-state index is 0.299. The molecule has 4 nitrogen and oxygen atoms in total. The lowest BCUT2D eigenvalue weighted by Crippen LogP contribution is -2.13. The van der Waals surface area contributed by atoms with Crippen molar-refractivity contribution in [3.05, 3.63) is 11.5 Å². The molecule has 0 fully saturated rings. The number of alkyl halides is 1. The van der Waals surface area contributed by atoms with Gasteiger partial charge in [-0.1, -0.05) is 20.8 Å². The molecule has 0 spiro atoms. The second-order valence-electron chi connectivity index (χ2n) is 6.01. The van der Waals surface area contributed by atoms with Crippen molar-refractivity contribution in [2.24, 2.45) is 12.5 Å². The van der Waals surface area contributed by atoms with Crippen molar-refractivity contribution in [3.63, 3.8) is 0 Å². The Balaban J connectivity index is 2.46. The van der Waals surface area contributed by atoms with Crippen LogP contribution in [0.15, 0.2) is 0 Å². The van der Waals surface area contributed by atoms with Crippen LogP contribution in [0.1, 0.15) is 38.7 Å². The zero-order chi connectivity index (χ0) is 13.5. The first-order valence-electron chi connectivity index (χ1n) is 6.28. The summed E-state index contributed by atoms with van der Waals surface area (Å²) in [5.74, 6) is 1.38. The molecule has 0 amide bonds. The van der Waals surface area contributed by atoms with Crippen molar-refractivity contribution < 1.29 is 0 Å². The van der Waals surface area contributed by atoms with Crippen LogP contribution >= 0.6 is 11.6 Å². The van der Waals surface area contributed by atoms with Crippen LogP contribution in [-0.4, -0.2) is 19.3 Å². The van der Waals surface area contributed by atoms with Gasteiger partial charge in [-0.3, -0.25) is 4.68 Å². The first-order valence-corrected chi connectivity index (χ1v) is 6.81. The molecule has 2 aromatic heterocycles. The van der Waals surface area contributed by atoms with Gasteiger partial charge in [-0.25, -0.2) is 4.98 Å². The Morgan fingerprint density at radius 1 is 1.28 bits per heavy atom. The number of nitrogens with zero attached hydrogens (tertiary/aromatic N) is 4. The SMILES string of the molecule is Cc1nn(C)c2c1nc(CCl)n2CCC(C)(C)C. The first kappa shape index (κ1) is 13.4. The Hall–Kier alpha value is -1.03. The Morgan fingerprint density at radius 2 is 1.94 bits per heavy atom. The van der Waals surface area contributed by atoms with Gasteiger partial charge in [-0.15, -0.1) is 11.6 Å². The Kier molecular flexibility index (Phi) is 3.41. The smallest absolute Gasteiger partial charge is 0.158 e. The van der Waals surface area contributed by atoms with Crippen LogP contribution in [0.2, 0.25) is 0 Å². The van der Waals surface area contributed by atoms with E-state index in [1.54, 1.807) is 0 Å². The minimum Gasteiger partial charge on any atom is -0.312 e. The molecule has 0 aliphatic rings. The van der Waals surface area contributed by atoms with E-state index >= 15 is 0 Å². The third-order valence-corrected chi connectivity index (χ3v) is 3.41. The number of hydrogen-bond donors (Lipinski definition) is 0. The molecule has 0 aliphatic carbocycles. The van der Waals surface area contributed by atoms with Crippen LogP contribution in [0, 0.1) is 12.3 Å². The maximum Gasteiger partial charge on any atom is 0.158 e. The van der Waals surface area contributed by atoms with Crippen LogP contribution in [0.4, 0.5) is 0 Å². The fourth-order valence-electron chi connectivity index (χ4n) is 2.16. The van der Waals surface area contributed by atoms with Crippen molar-refractivity contribution in [1.29, 1.82) is 0 Å². The summed E-state index contributed by atoms with van der Waals surface area (Å²) in [4.78, 5) is 4.60. The van der Waals surface area contributed by atoms with Gasteiger partial charge >= 0.3 is 0 Å². The molecule has 0 N–H and O–H groups in total. The number of hydrogen-bond acceptors (Lipinski definition) is 2. The number of imidazole rings is 1. The highest BCUT2D eigenvalue weighted by Gasteiger charge is 2.18. The topological polar surface area (TPSA) is 35.6 Å². The quantitative estimate of drug-likeness (QED) is 0.801. The molecule has 0 bridgehead atoms. The second-order valence-corrected chi connectivity index (χ2v) is 6.27. The summed E-state index contributed by atoms with van der Waals surface area (Å²) in [5.41, 5.74) is 3.32. The first-order chi connectivity index (χ1) is 8.33. The zero-order valence-corrected chi connectivity index (χ0v) is 12.5. The molecule has 0 aliphatic heterocycles. The summed E-state index contributed by atoms with van der Waals surface area (Å²) in [6, 6.07) is 0. The van der Waals surface area contributed by atoms with Crippen LogP contribution in [0.5, 0.6) is 0 Å². The third-order valence-electron chi connectivity index (χ3n) is 3.17. The van der Waals surface area contributed by atoms with Gasteiger partial charge < -0.3 is 4.57 Å². The largest absolute Gasteiger partial charge is 0.312 e. The number of fused-ring (bicyclic) bond motifs is 1. The molecule has 2 aromatic rings. The van der Waals surface area contributed by atoms with Crippen molar-refractivity contribution in [1.82, 2.24) is 19.3 Å². The van der Waals surface area contributed by atoms with Crippen LogP contribution in [0.25, 0.3) is 11.2 Å². The fraction of sp³-hybridized carbons (Fsp3) is 0.692. The van der Waals surface area contributed by atoms with E-state index in [9.17, 15) is 0 Å². The number of aryl methyl sites for hydroxylation is 3. The van der Waals surface area contributed by atoms with E-state index in [1.807, 2.05) is 18.7 Å². The van der Waals surface area contributed by atoms with E-state index in [0.29, 0.717) is 11.3 Å². The predicted octanol–water partition coefficient (Wildman–Crippen LogP) is 3.25. The summed E-state index contributed by atoms with van der Waals surface area (Å²) in [7, 11) is 1.96. The average Bonchev–Trinajstić information content (AvgIpc) is 2.74. The summed E-state index contributed by atoms with van der Waals surface area (Å²) < 4.78 is 4.10. The molecule has 18 heavy (non-hydrogen) atoms. The van der Waals surface area contributed by atoms with Crippen molar-refractivity contribution in [2.45, 2.75) is 46.5 Å². The van der Waals surface area contributed by atoms with Gasteiger partial charge in [-0.05, 0) is 18.8 Å². The maximum atomic E-state index is 6.00. The maximum absolute atomic E-state index is 6.00. The van der Waals surface area contributed by atoms with Crippen LogP contribution < -0.4 is 0 Å². The standard InChI is InChI=1S/C13H21ClN4/c1-9-11-12(17(5)16-9)18(10(8-14)15-11)7-6-13(2,3)4/h6-8H2,1-5H3. The van der Waals surface area contributed by atoms with E-state index in [4.69, 9.17) is 11.6 Å².